The van der Waals surface area contributed by atoms with Crippen molar-refractivity contribution in [1.82, 2.24) is 9.80 Å². The molecule has 0 radical (unpaired) electrons. The quantitative estimate of drug-likeness (QED) is 0.0357. The van der Waals surface area contributed by atoms with Crippen molar-refractivity contribution in [2.45, 2.75) is 259 Å². The number of carbonyl (C=O) groups excluding carboxylic acids is 4. The zero-order valence-corrected chi connectivity index (χ0v) is 47.2. The Morgan fingerprint density at radius 3 is 2.07 bits per heavy atom. The van der Waals surface area contributed by atoms with Gasteiger partial charge in [-0.2, -0.15) is 0 Å². The number of hydrogen-bond acceptors (Lipinski definition) is 11. The first-order valence-corrected chi connectivity index (χ1v) is 30.2. The molecule has 1 aliphatic heterocycles. The summed E-state index contributed by atoms with van der Waals surface area (Å²) in [5.74, 6) is -0.366. The van der Waals surface area contributed by atoms with Gasteiger partial charge >= 0.3 is 5.97 Å². The SMILES string of the molecule is CCCCCCCCOC(CCCCC(=O)N(CCCCCCC(=O)OCC(=O)C12OC(CCC)OC1CC1C3CCC4=CC(=O)C=CC4(C)C3C(O)CC12C)CCCN(CC)CC)OCCCCCCCC. The number of carbonyl (C=O) groups is 4. The van der Waals surface area contributed by atoms with Crippen LogP contribution in [0.5, 0.6) is 0 Å². The Morgan fingerprint density at radius 2 is 1.40 bits per heavy atom. The largest absolute Gasteiger partial charge is 0.458 e. The molecule has 4 fully saturated rings. The second-order valence-corrected chi connectivity index (χ2v) is 23.1. The van der Waals surface area contributed by atoms with Crippen LogP contribution in [0, 0.1) is 28.6 Å². The third-order valence-electron chi connectivity index (χ3n) is 18.0. The Labute approximate surface area is 443 Å². The summed E-state index contributed by atoms with van der Waals surface area (Å²) in [7, 11) is 0. The summed E-state index contributed by atoms with van der Waals surface area (Å²) in [5, 5.41) is 12.1. The molecule has 1 amide bonds. The molecule has 0 aromatic heterocycles. The molecule has 0 spiro atoms. The zero-order chi connectivity index (χ0) is 52.7. The molecule has 0 aromatic rings. The van der Waals surface area contributed by atoms with Crippen LogP contribution >= 0.6 is 0 Å². The van der Waals surface area contributed by atoms with E-state index in [9.17, 15) is 24.3 Å². The highest BCUT2D eigenvalue weighted by Gasteiger charge is 2.76. The van der Waals surface area contributed by atoms with Crippen LogP contribution in [0.2, 0.25) is 0 Å². The van der Waals surface area contributed by atoms with Crippen molar-refractivity contribution >= 4 is 23.4 Å². The van der Waals surface area contributed by atoms with Gasteiger partial charge in [0.25, 0.3) is 0 Å². The number of hydrogen-bond donors (Lipinski definition) is 1. The van der Waals surface area contributed by atoms with Crippen molar-refractivity contribution in [2.24, 2.45) is 28.6 Å². The molecule has 3 saturated carbocycles. The van der Waals surface area contributed by atoms with Gasteiger partial charge < -0.3 is 38.6 Å². The maximum atomic E-state index is 14.6. The first-order chi connectivity index (χ1) is 35.3. The van der Waals surface area contributed by atoms with Crippen molar-refractivity contribution < 1.29 is 48.0 Å². The number of nitrogens with zero attached hydrogens (tertiary/aromatic N) is 2. The van der Waals surface area contributed by atoms with Gasteiger partial charge in [0.1, 0.15) is 0 Å². The smallest absolute Gasteiger partial charge is 0.306 e. The summed E-state index contributed by atoms with van der Waals surface area (Å²) in [6.45, 7) is 20.7. The molecule has 12 heteroatoms. The average Bonchev–Trinajstić information content (AvgIpc) is 3.86. The number of unbranched alkanes of at least 4 members (excludes halogenated alkanes) is 14. The third kappa shape index (κ3) is 16.8. The lowest BCUT2D eigenvalue weighted by atomic mass is 9.46. The van der Waals surface area contributed by atoms with Crippen LogP contribution in [0.25, 0.3) is 0 Å². The Morgan fingerprint density at radius 1 is 0.767 bits per heavy atom. The van der Waals surface area contributed by atoms with Crippen molar-refractivity contribution in [3.05, 3.63) is 23.8 Å². The molecule has 9 atom stereocenters. The first-order valence-electron chi connectivity index (χ1n) is 30.2. The van der Waals surface area contributed by atoms with Gasteiger partial charge in [0.2, 0.25) is 11.7 Å². The summed E-state index contributed by atoms with van der Waals surface area (Å²) in [6, 6.07) is 0. The molecule has 5 rings (SSSR count). The second kappa shape index (κ2) is 31.7. The monoisotopic (exact) mass is 1020 g/mol. The third-order valence-corrected chi connectivity index (χ3v) is 18.0. The van der Waals surface area contributed by atoms with Crippen LogP contribution in [0.3, 0.4) is 0 Å². The maximum Gasteiger partial charge on any atom is 0.306 e. The van der Waals surface area contributed by atoms with E-state index < -0.39 is 40.9 Å². The standard InChI is InChI=1S/C61H104N2O10/c1-8-13-15-17-21-27-41-69-56(70-42-28-22-18-16-14-9-2)33-25-24-31-54(67)63(40-29-38-62(11-4)12-5)39-26-20-19-23-32-55(68)71-46-52(66)61-53(72-57(73-61)30-10-3)44-50-49-35-34-47-43-48(64)36-37-59(47,6)58(49)51(65)45-60(50,61)7/h36-37,43,49-51,53,56-58,65H,8-35,38-42,44-46H2,1-7H3. The maximum absolute atomic E-state index is 14.6. The zero-order valence-electron chi connectivity index (χ0n) is 47.2. The van der Waals surface area contributed by atoms with E-state index in [-0.39, 0.29) is 54.5 Å². The van der Waals surface area contributed by atoms with Crippen LogP contribution in [-0.2, 0) is 42.9 Å². The van der Waals surface area contributed by atoms with E-state index >= 15 is 0 Å². The van der Waals surface area contributed by atoms with Gasteiger partial charge in [-0.3, -0.25) is 19.2 Å². The van der Waals surface area contributed by atoms with E-state index in [0.29, 0.717) is 38.6 Å². The minimum atomic E-state index is -1.32. The normalized spacial score (nSPS) is 28.2. The number of fused-ring (bicyclic) bond motifs is 7. The van der Waals surface area contributed by atoms with Gasteiger partial charge in [-0.05, 0) is 127 Å². The minimum absolute atomic E-state index is 0.00173. The number of allylic oxidation sites excluding steroid dienone is 4. The topological polar surface area (TPSA) is 141 Å². The molecular weight excluding hydrogens is 921 g/mol. The van der Waals surface area contributed by atoms with E-state index in [4.69, 9.17) is 23.7 Å². The Balaban J connectivity index is 1.07. The fraction of sp³-hybridized carbons (Fsp3) is 0.869. The lowest BCUT2D eigenvalue weighted by Gasteiger charge is -2.59. The minimum Gasteiger partial charge on any atom is -0.458 e. The average molecular weight is 1030 g/mol. The van der Waals surface area contributed by atoms with Gasteiger partial charge in [-0.25, -0.2) is 0 Å². The molecule has 9 unspecified atom stereocenters. The Kier molecular flexibility index (Phi) is 26.6. The Bertz CT molecular complexity index is 1710. The second-order valence-electron chi connectivity index (χ2n) is 23.1. The Hall–Kier alpha value is -2.48. The molecule has 418 valence electrons. The number of Topliss-reactive ketones (excluding diaryl/α,β-unsaturated/α-hetero) is 1. The van der Waals surface area contributed by atoms with Crippen LogP contribution < -0.4 is 0 Å². The summed E-state index contributed by atoms with van der Waals surface area (Å²) in [4.78, 5) is 58.5. The molecule has 1 heterocycles. The number of aliphatic hydroxyl groups is 1. The fourth-order valence-corrected chi connectivity index (χ4v) is 13.8. The lowest BCUT2D eigenvalue weighted by Crippen LogP contribution is -2.63. The van der Waals surface area contributed by atoms with Gasteiger partial charge in [0.05, 0.1) is 12.2 Å². The van der Waals surface area contributed by atoms with Crippen molar-refractivity contribution in [3.8, 4) is 0 Å². The lowest BCUT2D eigenvalue weighted by molar-refractivity contribution is -0.201. The molecule has 4 aliphatic carbocycles. The van der Waals surface area contributed by atoms with E-state index in [1.165, 1.54) is 64.2 Å². The summed E-state index contributed by atoms with van der Waals surface area (Å²) < 4.78 is 31.7. The highest BCUT2D eigenvalue weighted by Crippen LogP contribution is 2.69. The molecule has 1 N–H and O–H groups in total. The molecular formula is C61H104N2O10. The fourth-order valence-electron chi connectivity index (χ4n) is 13.8. The molecule has 5 aliphatic rings. The van der Waals surface area contributed by atoms with E-state index in [1.807, 2.05) is 6.08 Å². The number of esters is 1. The van der Waals surface area contributed by atoms with Crippen molar-refractivity contribution in [2.75, 3.05) is 52.5 Å². The number of amides is 1. The number of rotatable bonds is 39. The van der Waals surface area contributed by atoms with Crippen molar-refractivity contribution in [1.29, 1.82) is 0 Å². The summed E-state index contributed by atoms with van der Waals surface area (Å²) in [5.41, 5.74) is -1.38. The molecule has 1 saturated heterocycles. The van der Waals surface area contributed by atoms with E-state index in [2.05, 4.69) is 58.3 Å². The van der Waals surface area contributed by atoms with Gasteiger partial charge in [0, 0.05) is 55.9 Å². The summed E-state index contributed by atoms with van der Waals surface area (Å²) >= 11 is 0. The van der Waals surface area contributed by atoms with Gasteiger partial charge in [0.15, 0.2) is 30.6 Å². The van der Waals surface area contributed by atoms with Crippen LogP contribution in [0.1, 0.15) is 228 Å². The number of ketones is 2. The van der Waals surface area contributed by atoms with Crippen molar-refractivity contribution in [3.63, 3.8) is 0 Å². The number of aliphatic hydroxyl groups excluding tert-OH is 1. The molecule has 73 heavy (non-hydrogen) atoms. The molecule has 0 aromatic carbocycles. The van der Waals surface area contributed by atoms with Gasteiger partial charge in [-0.1, -0.05) is 144 Å². The van der Waals surface area contributed by atoms with E-state index in [1.54, 1.807) is 12.2 Å². The molecule has 0 bridgehead atoms. The first kappa shape index (κ1) is 61.4. The number of ether oxygens (including phenoxy) is 5. The van der Waals surface area contributed by atoms with Crippen LogP contribution in [0.4, 0.5) is 0 Å². The predicted octanol–water partition coefficient (Wildman–Crippen LogP) is 12.4. The van der Waals surface area contributed by atoms with Gasteiger partial charge in [-0.15, -0.1) is 0 Å². The highest BCUT2D eigenvalue weighted by molar-refractivity contribution is 6.01. The predicted molar refractivity (Wildman–Crippen MR) is 290 cm³/mol. The molecule has 12 nitrogen and oxygen atoms in total. The highest BCUT2D eigenvalue weighted by atomic mass is 16.7. The summed E-state index contributed by atoms with van der Waals surface area (Å²) in [6.07, 6.45) is 29.8. The van der Waals surface area contributed by atoms with Crippen LogP contribution in [0.15, 0.2) is 23.8 Å². The van der Waals surface area contributed by atoms with E-state index in [0.717, 1.165) is 122 Å². The van der Waals surface area contributed by atoms with Crippen LogP contribution in [-0.4, -0.2) is 121 Å².